The number of hydrogen-bond acceptors (Lipinski definition) is 5. The minimum absolute atomic E-state index is 0.163. The van der Waals surface area contributed by atoms with E-state index in [1.807, 2.05) is 0 Å². The lowest BCUT2D eigenvalue weighted by molar-refractivity contribution is 0.0562. The van der Waals surface area contributed by atoms with Gasteiger partial charge in [-0.3, -0.25) is 14.3 Å². The molecule has 1 aliphatic carbocycles. The molecule has 0 unspecified atom stereocenters. The Labute approximate surface area is 225 Å². The number of benzene rings is 1. The maximum absolute atomic E-state index is 16.0. The van der Waals surface area contributed by atoms with Gasteiger partial charge in [0.05, 0.1) is 11.4 Å². The highest BCUT2D eigenvalue weighted by Crippen LogP contribution is 2.55. The van der Waals surface area contributed by atoms with E-state index < -0.39 is 44.2 Å². The van der Waals surface area contributed by atoms with Crippen molar-refractivity contribution < 1.29 is 26.0 Å². The van der Waals surface area contributed by atoms with E-state index >= 15 is 8.78 Å². The average Bonchev–Trinajstić information content (AvgIpc) is 3.49. The molecule has 1 aromatic carbocycles. The molecule has 0 aliphatic heterocycles. The molecule has 0 spiro atoms. The second-order valence-corrected chi connectivity index (χ2v) is 11.8. The maximum Gasteiger partial charge on any atom is 0.333 e. The van der Waals surface area contributed by atoms with Crippen LogP contribution in [0.1, 0.15) is 47.3 Å². The van der Waals surface area contributed by atoms with Gasteiger partial charge in [-0.05, 0) is 61.6 Å². The molecule has 39 heavy (non-hydrogen) atoms. The van der Waals surface area contributed by atoms with E-state index in [9.17, 15) is 22.0 Å². The molecular weight excluding hydrogens is 560 g/mol. The number of aryl methyl sites for hydroxylation is 2. The van der Waals surface area contributed by atoms with Crippen LogP contribution in [0.5, 0.6) is 0 Å². The number of pyridine rings is 2. The molecule has 0 radical (unpaired) electrons. The molecule has 1 saturated carbocycles. The zero-order chi connectivity index (χ0) is 28.4. The molecule has 0 saturated heterocycles. The summed E-state index contributed by atoms with van der Waals surface area (Å²) in [5.41, 5.74) is -0.248. The predicted octanol–water partition coefficient (Wildman–Crippen LogP) is 5.71. The van der Waals surface area contributed by atoms with Crippen molar-refractivity contribution in [2.45, 2.75) is 43.5 Å². The van der Waals surface area contributed by atoms with Crippen LogP contribution in [0, 0.1) is 25.5 Å². The van der Waals surface area contributed by atoms with Crippen molar-refractivity contribution in [2.75, 3.05) is 6.26 Å². The Bertz CT molecular complexity index is 1800. The van der Waals surface area contributed by atoms with E-state index in [0.717, 1.165) is 16.9 Å². The third kappa shape index (κ3) is 4.65. The van der Waals surface area contributed by atoms with Crippen LogP contribution >= 0.6 is 11.6 Å². The summed E-state index contributed by atoms with van der Waals surface area (Å²) in [4.78, 5) is 16.8. The van der Waals surface area contributed by atoms with Crippen molar-refractivity contribution in [3.05, 3.63) is 92.3 Å². The van der Waals surface area contributed by atoms with Crippen LogP contribution in [-0.4, -0.2) is 34.0 Å². The molecule has 2 atom stereocenters. The number of halogens is 5. The molecule has 0 N–H and O–H groups in total. The highest BCUT2D eigenvalue weighted by Gasteiger charge is 2.43. The zero-order valence-corrected chi connectivity index (χ0v) is 22.4. The van der Waals surface area contributed by atoms with Gasteiger partial charge in [0, 0.05) is 35.8 Å². The number of rotatable bonds is 6. The lowest BCUT2D eigenvalue weighted by Crippen LogP contribution is -2.24. The molecule has 5 rings (SSSR count). The predicted molar refractivity (Wildman–Crippen MR) is 136 cm³/mol. The topological polar surface area (TPSA) is 86.8 Å². The number of hydrogen-bond donors (Lipinski definition) is 0. The Hall–Kier alpha value is -3.51. The normalized spacial score (nSPS) is 17.2. The first-order chi connectivity index (χ1) is 18.3. The van der Waals surface area contributed by atoms with Crippen LogP contribution in [0.2, 0.25) is 5.02 Å². The summed E-state index contributed by atoms with van der Waals surface area (Å²) >= 11 is 6.48. The van der Waals surface area contributed by atoms with Crippen LogP contribution in [0.4, 0.5) is 17.6 Å². The standard InChI is InChI=1S/C26H21ClF4N4O3S/c1-12-11-32-23(14-5-4-6-19(21(14)28)39(3,37)38)22(29)24(12)35-13(2)9-17(20(27)25(35)36)15-10-16(15)18-7-8-34(33-18)26(30)31/h4-9,11,15-16,26H,10H2,1-3H3/t15-,16-/m0/s1. The van der Waals surface area contributed by atoms with E-state index in [2.05, 4.69) is 10.1 Å². The van der Waals surface area contributed by atoms with E-state index in [1.54, 1.807) is 13.0 Å². The van der Waals surface area contributed by atoms with Gasteiger partial charge in [0.25, 0.3) is 5.56 Å². The Morgan fingerprint density at radius 2 is 1.82 bits per heavy atom. The summed E-state index contributed by atoms with van der Waals surface area (Å²) in [7, 11) is -3.94. The van der Waals surface area contributed by atoms with Crippen LogP contribution in [-0.2, 0) is 9.84 Å². The Balaban J connectivity index is 1.59. The van der Waals surface area contributed by atoms with Gasteiger partial charge < -0.3 is 0 Å². The molecule has 13 heteroatoms. The fourth-order valence-corrected chi connectivity index (χ4v) is 5.85. The summed E-state index contributed by atoms with van der Waals surface area (Å²) in [5, 5.41) is 3.73. The second-order valence-electron chi connectivity index (χ2n) is 9.48. The van der Waals surface area contributed by atoms with Crippen molar-refractivity contribution in [3.63, 3.8) is 0 Å². The highest BCUT2D eigenvalue weighted by atomic mass is 35.5. The summed E-state index contributed by atoms with van der Waals surface area (Å²) in [6.45, 7) is 0.326. The quantitative estimate of drug-likeness (QED) is 0.273. The number of nitrogens with zero attached hydrogens (tertiary/aromatic N) is 4. The van der Waals surface area contributed by atoms with Crippen LogP contribution in [0.25, 0.3) is 16.9 Å². The molecule has 3 heterocycles. The molecule has 1 fully saturated rings. The molecule has 3 aromatic heterocycles. The zero-order valence-electron chi connectivity index (χ0n) is 20.8. The maximum atomic E-state index is 16.0. The second kappa shape index (κ2) is 9.60. The lowest BCUT2D eigenvalue weighted by Gasteiger charge is -2.18. The van der Waals surface area contributed by atoms with Crippen molar-refractivity contribution >= 4 is 21.4 Å². The smallest absolute Gasteiger partial charge is 0.277 e. The summed E-state index contributed by atoms with van der Waals surface area (Å²) < 4.78 is 82.5. The number of alkyl halides is 2. The monoisotopic (exact) mass is 580 g/mol. The van der Waals surface area contributed by atoms with E-state index in [-0.39, 0.29) is 33.7 Å². The van der Waals surface area contributed by atoms with Gasteiger partial charge in [-0.2, -0.15) is 13.9 Å². The van der Waals surface area contributed by atoms with Crippen molar-refractivity contribution in [3.8, 4) is 16.9 Å². The van der Waals surface area contributed by atoms with Crippen LogP contribution in [0.3, 0.4) is 0 Å². The SMILES string of the molecule is Cc1cnc(-c2cccc(S(C)(=O)=O)c2F)c(F)c1-n1c(C)cc([C@H]2C[C@@H]2c2ccn(C(F)F)n2)c(Cl)c1=O. The van der Waals surface area contributed by atoms with Gasteiger partial charge in [-0.1, -0.05) is 17.7 Å². The Kier molecular flexibility index (Phi) is 6.66. The fourth-order valence-electron chi connectivity index (χ4n) is 4.81. The fraction of sp³-hybridized carbons (Fsp3) is 0.269. The van der Waals surface area contributed by atoms with Gasteiger partial charge in [0.15, 0.2) is 21.5 Å². The minimum Gasteiger partial charge on any atom is -0.277 e. The van der Waals surface area contributed by atoms with Crippen LogP contribution in [0.15, 0.2) is 52.4 Å². The molecule has 1 aliphatic rings. The van der Waals surface area contributed by atoms with Crippen molar-refractivity contribution in [1.82, 2.24) is 19.3 Å². The molecular formula is C26H21ClF4N4O3S. The molecule has 204 valence electrons. The van der Waals surface area contributed by atoms with E-state index in [1.165, 1.54) is 37.5 Å². The molecule has 0 amide bonds. The van der Waals surface area contributed by atoms with E-state index in [0.29, 0.717) is 28.1 Å². The average molecular weight is 581 g/mol. The third-order valence-electron chi connectivity index (χ3n) is 6.78. The molecule has 0 bridgehead atoms. The largest absolute Gasteiger partial charge is 0.333 e. The van der Waals surface area contributed by atoms with Gasteiger partial charge in [-0.25, -0.2) is 21.9 Å². The van der Waals surface area contributed by atoms with Crippen LogP contribution < -0.4 is 5.56 Å². The third-order valence-corrected chi connectivity index (χ3v) is 8.27. The first-order valence-corrected chi connectivity index (χ1v) is 14.0. The Morgan fingerprint density at radius 1 is 1.10 bits per heavy atom. The van der Waals surface area contributed by atoms with E-state index in [4.69, 9.17) is 11.6 Å². The lowest BCUT2D eigenvalue weighted by atomic mass is 10.1. The first-order valence-electron chi connectivity index (χ1n) is 11.7. The number of sulfone groups is 1. The van der Waals surface area contributed by atoms with Crippen molar-refractivity contribution in [1.29, 1.82) is 0 Å². The van der Waals surface area contributed by atoms with Gasteiger partial charge in [-0.15, -0.1) is 0 Å². The Morgan fingerprint density at radius 3 is 2.46 bits per heavy atom. The van der Waals surface area contributed by atoms with Crippen molar-refractivity contribution in [2.24, 2.45) is 0 Å². The first kappa shape index (κ1) is 27.1. The summed E-state index contributed by atoms with van der Waals surface area (Å²) in [5.74, 6) is -2.62. The highest BCUT2D eigenvalue weighted by molar-refractivity contribution is 7.90. The molecule has 4 aromatic rings. The van der Waals surface area contributed by atoms with Gasteiger partial charge in [0.2, 0.25) is 0 Å². The summed E-state index contributed by atoms with van der Waals surface area (Å²) in [6, 6.07) is 6.66. The van der Waals surface area contributed by atoms with Gasteiger partial charge >= 0.3 is 6.55 Å². The minimum atomic E-state index is -3.94. The number of aromatic nitrogens is 4. The molecule has 7 nitrogen and oxygen atoms in total. The summed E-state index contributed by atoms with van der Waals surface area (Å²) in [6.07, 6.45) is 3.82. The van der Waals surface area contributed by atoms with Gasteiger partial charge in [0.1, 0.15) is 15.6 Å².